The van der Waals surface area contributed by atoms with E-state index in [4.69, 9.17) is 5.10 Å². The largest absolute Gasteiger partial charge is 0.324 e. The average molecular weight is 493 g/mol. The molecule has 0 saturated carbocycles. The van der Waals surface area contributed by atoms with Gasteiger partial charge in [-0.2, -0.15) is 9.61 Å². The molecule has 3 atom stereocenters. The van der Waals surface area contributed by atoms with Crippen molar-refractivity contribution in [2.75, 3.05) is 23.7 Å². The topological polar surface area (TPSA) is 74.6 Å². The minimum absolute atomic E-state index is 0.142. The first-order valence-corrected chi connectivity index (χ1v) is 11.8. The Morgan fingerprint density at radius 3 is 2.61 bits per heavy atom. The second-order valence-electron chi connectivity index (χ2n) is 9.26. The van der Waals surface area contributed by atoms with E-state index in [9.17, 15) is 18.0 Å². The van der Waals surface area contributed by atoms with E-state index >= 15 is 0 Å². The van der Waals surface area contributed by atoms with Crippen LogP contribution in [-0.4, -0.2) is 44.7 Å². The highest BCUT2D eigenvalue weighted by molar-refractivity contribution is 5.99. The van der Waals surface area contributed by atoms with Gasteiger partial charge in [-0.3, -0.25) is 10.2 Å². The molecule has 2 unspecified atom stereocenters. The van der Waals surface area contributed by atoms with Crippen molar-refractivity contribution in [1.29, 1.82) is 0 Å². The number of halogens is 3. The Bertz CT molecular complexity index is 1440. The smallest absolute Gasteiger partial charge is 0.308 e. The molecule has 0 radical (unpaired) electrons. The fourth-order valence-electron chi connectivity index (χ4n) is 5.58. The Hall–Kier alpha value is -3.92. The fraction of sp³-hybridized carbons (Fsp3) is 0.269. The number of urea groups is 1. The van der Waals surface area contributed by atoms with E-state index in [0.717, 1.165) is 31.1 Å². The normalized spacial score (nSPS) is 21.6. The Labute approximate surface area is 204 Å². The molecule has 4 heterocycles. The molecule has 2 aliphatic heterocycles. The van der Waals surface area contributed by atoms with Crippen LogP contribution >= 0.6 is 0 Å². The Kier molecular flexibility index (Phi) is 5.60. The maximum absolute atomic E-state index is 14.8. The standard InChI is InChI=1S/C26H23F3N6O/c27-15-3-6-17(7-4-15)31-26(36)32-24-13-30-23-10-9-21(33-35(23)24)25-19(14-34-11-1-2-22(25)34)18-12-16(28)5-8-20(18)29/h3-10,12-13,19,22,25H,1-2,11,14H2,(H2,31,32,36)/t19?,22?,25-/m0/s1. The summed E-state index contributed by atoms with van der Waals surface area (Å²) >= 11 is 0. The van der Waals surface area contributed by atoms with Crippen LogP contribution < -0.4 is 10.6 Å². The van der Waals surface area contributed by atoms with Crippen LogP contribution in [-0.2, 0) is 0 Å². The Balaban J connectivity index is 1.32. The first kappa shape index (κ1) is 22.5. The van der Waals surface area contributed by atoms with Gasteiger partial charge in [-0.05, 0) is 79.5 Å². The number of rotatable bonds is 4. The van der Waals surface area contributed by atoms with Gasteiger partial charge in [0.05, 0.1) is 11.9 Å². The number of hydrogen-bond acceptors (Lipinski definition) is 4. The van der Waals surface area contributed by atoms with Gasteiger partial charge in [0, 0.05) is 30.1 Å². The third kappa shape index (κ3) is 4.07. The number of nitrogens with one attached hydrogen (secondary N) is 2. The summed E-state index contributed by atoms with van der Waals surface area (Å²) in [5.41, 5.74) is 2.05. The van der Waals surface area contributed by atoms with Crippen LogP contribution in [0.4, 0.5) is 29.5 Å². The van der Waals surface area contributed by atoms with Crippen molar-refractivity contribution in [2.45, 2.75) is 30.7 Å². The van der Waals surface area contributed by atoms with Crippen LogP contribution in [0.5, 0.6) is 0 Å². The zero-order valence-electron chi connectivity index (χ0n) is 19.2. The summed E-state index contributed by atoms with van der Waals surface area (Å²) in [5, 5.41) is 10.2. The van der Waals surface area contributed by atoms with Crippen molar-refractivity contribution in [2.24, 2.45) is 0 Å². The fourth-order valence-corrected chi connectivity index (χ4v) is 5.58. The first-order chi connectivity index (χ1) is 17.5. The first-order valence-electron chi connectivity index (χ1n) is 11.8. The summed E-state index contributed by atoms with van der Waals surface area (Å²) in [4.78, 5) is 19.2. The molecule has 2 fully saturated rings. The van der Waals surface area contributed by atoms with Crippen molar-refractivity contribution in [3.63, 3.8) is 0 Å². The van der Waals surface area contributed by atoms with Gasteiger partial charge in [-0.15, -0.1) is 0 Å². The van der Waals surface area contributed by atoms with Gasteiger partial charge in [-0.25, -0.2) is 22.9 Å². The Morgan fingerprint density at radius 2 is 1.78 bits per heavy atom. The lowest BCUT2D eigenvalue weighted by molar-refractivity contribution is 0.262. The monoisotopic (exact) mass is 492 g/mol. The molecule has 2 aromatic heterocycles. The summed E-state index contributed by atoms with van der Waals surface area (Å²) in [5.74, 6) is -1.33. The number of anilines is 2. The molecule has 0 bridgehead atoms. The van der Waals surface area contributed by atoms with Crippen molar-refractivity contribution in [1.82, 2.24) is 19.5 Å². The van der Waals surface area contributed by atoms with Crippen molar-refractivity contribution in [3.05, 3.63) is 89.5 Å². The predicted octanol–water partition coefficient (Wildman–Crippen LogP) is 5.14. The number of hydrogen-bond donors (Lipinski definition) is 2. The number of carbonyl (C=O) groups excluding carboxylic acids is 1. The van der Waals surface area contributed by atoms with Gasteiger partial charge in [0.15, 0.2) is 11.5 Å². The SMILES string of the molecule is O=C(Nc1ccc(F)cc1)Nc1cnc2ccc([C@@H]3C(c4cc(F)ccc4F)CN4CCCC34)nn12. The second kappa shape index (κ2) is 8.94. The third-order valence-electron chi connectivity index (χ3n) is 7.12. The van der Waals surface area contributed by atoms with Crippen LogP contribution in [0.15, 0.2) is 60.8 Å². The molecule has 2 amide bonds. The summed E-state index contributed by atoms with van der Waals surface area (Å²) in [6, 6.07) is 12.3. The number of nitrogens with zero attached hydrogens (tertiary/aromatic N) is 4. The summed E-state index contributed by atoms with van der Waals surface area (Å²) in [6.07, 6.45) is 3.49. The number of aromatic nitrogens is 3. The molecule has 10 heteroatoms. The second-order valence-corrected chi connectivity index (χ2v) is 9.26. The summed E-state index contributed by atoms with van der Waals surface area (Å²) in [7, 11) is 0. The summed E-state index contributed by atoms with van der Waals surface area (Å²) < 4.78 is 43.5. The van der Waals surface area contributed by atoms with Gasteiger partial charge >= 0.3 is 6.03 Å². The van der Waals surface area contributed by atoms with Gasteiger partial charge in [0.1, 0.15) is 17.5 Å². The molecule has 2 saturated heterocycles. The molecule has 2 aliphatic rings. The van der Waals surface area contributed by atoms with Crippen LogP contribution in [0.2, 0.25) is 0 Å². The number of amides is 2. The third-order valence-corrected chi connectivity index (χ3v) is 7.12. The highest BCUT2D eigenvalue weighted by Gasteiger charge is 2.46. The summed E-state index contributed by atoms with van der Waals surface area (Å²) in [6.45, 7) is 1.54. The molecule has 184 valence electrons. The van der Waals surface area contributed by atoms with Crippen LogP contribution in [0, 0.1) is 17.5 Å². The molecule has 4 aromatic rings. The molecular weight excluding hydrogens is 469 g/mol. The highest BCUT2D eigenvalue weighted by atomic mass is 19.1. The van der Waals surface area contributed by atoms with E-state index in [1.807, 2.05) is 12.1 Å². The molecule has 6 rings (SSSR count). The molecule has 0 aliphatic carbocycles. The van der Waals surface area contributed by atoms with E-state index in [0.29, 0.717) is 29.3 Å². The van der Waals surface area contributed by atoms with E-state index < -0.39 is 23.5 Å². The highest BCUT2D eigenvalue weighted by Crippen LogP contribution is 2.48. The van der Waals surface area contributed by atoms with Gasteiger partial charge < -0.3 is 5.32 Å². The maximum atomic E-state index is 14.8. The van der Waals surface area contributed by atoms with E-state index in [-0.39, 0.29) is 17.9 Å². The lowest BCUT2D eigenvalue weighted by Crippen LogP contribution is -2.26. The van der Waals surface area contributed by atoms with Gasteiger partial charge in [0.25, 0.3) is 0 Å². The lowest BCUT2D eigenvalue weighted by Gasteiger charge is -2.23. The van der Waals surface area contributed by atoms with E-state index in [1.54, 1.807) is 0 Å². The number of imidazole rings is 1. The minimum atomic E-state index is -0.529. The average Bonchev–Trinajstić information content (AvgIpc) is 3.57. The van der Waals surface area contributed by atoms with Gasteiger partial charge in [-0.1, -0.05) is 0 Å². The molecule has 2 N–H and O–H groups in total. The van der Waals surface area contributed by atoms with Crippen LogP contribution in [0.3, 0.4) is 0 Å². The van der Waals surface area contributed by atoms with Crippen molar-refractivity contribution < 1.29 is 18.0 Å². The zero-order chi connectivity index (χ0) is 24.8. The molecule has 36 heavy (non-hydrogen) atoms. The Morgan fingerprint density at radius 1 is 0.972 bits per heavy atom. The molecule has 7 nitrogen and oxygen atoms in total. The van der Waals surface area contributed by atoms with E-state index in [2.05, 4.69) is 20.5 Å². The predicted molar refractivity (Wildman–Crippen MR) is 128 cm³/mol. The minimum Gasteiger partial charge on any atom is -0.308 e. The van der Waals surface area contributed by atoms with Crippen molar-refractivity contribution in [3.8, 4) is 0 Å². The number of fused-ring (bicyclic) bond motifs is 2. The van der Waals surface area contributed by atoms with E-state index in [1.165, 1.54) is 47.1 Å². The van der Waals surface area contributed by atoms with Crippen molar-refractivity contribution >= 4 is 23.2 Å². The molecule has 0 spiro atoms. The molecule has 2 aromatic carbocycles. The lowest BCUT2D eigenvalue weighted by atomic mass is 9.81. The molecular formula is C26H23F3N6O. The number of carbonyl (C=O) groups is 1. The van der Waals surface area contributed by atoms with Crippen LogP contribution in [0.1, 0.15) is 35.9 Å². The van der Waals surface area contributed by atoms with Gasteiger partial charge in [0.2, 0.25) is 0 Å². The maximum Gasteiger partial charge on any atom is 0.324 e. The quantitative estimate of drug-likeness (QED) is 0.414. The number of benzene rings is 2. The zero-order valence-corrected chi connectivity index (χ0v) is 19.2. The van der Waals surface area contributed by atoms with Crippen LogP contribution in [0.25, 0.3) is 5.65 Å².